The van der Waals surface area contributed by atoms with E-state index in [2.05, 4.69) is 29.1 Å². The number of rotatable bonds is 7. The van der Waals surface area contributed by atoms with Crippen molar-refractivity contribution >= 4 is 11.7 Å². The Labute approximate surface area is 121 Å². The lowest BCUT2D eigenvalue weighted by molar-refractivity contribution is -0.130. The molecule has 0 fully saturated rings. The molecule has 1 aromatic heterocycles. The molecule has 0 spiro atoms. The van der Waals surface area contributed by atoms with E-state index in [4.69, 9.17) is 0 Å². The molecule has 0 atom stereocenters. The maximum Gasteiger partial charge on any atom is 0.224 e. The zero-order valence-electron chi connectivity index (χ0n) is 13.2. The predicted molar refractivity (Wildman–Crippen MR) is 81.9 cm³/mol. The van der Waals surface area contributed by atoms with Crippen LogP contribution in [0.1, 0.15) is 51.6 Å². The van der Waals surface area contributed by atoms with Crippen LogP contribution < -0.4 is 5.32 Å². The van der Waals surface area contributed by atoms with E-state index in [1.807, 2.05) is 31.7 Å². The molecule has 1 N–H and O–H groups in total. The van der Waals surface area contributed by atoms with Crippen molar-refractivity contribution in [2.24, 2.45) is 0 Å². The minimum Gasteiger partial charge on any atom is -0.369 e. The minimum atomic E-state index is 0.178. The highest BCUT2D eigenvalue weighted by Crippen LogP contribution is 2.13. The summed E-state index contributed by atoms with van der Waals surface area (Å²) in [6.45, 7) is 12.2. The molecular weight excluding hydrogens is 252 g/mol. The molecule has 0 unspecified atom stereocenters. The quantitative estimate of drug-likeness (QED) is 0.833. The molecule has 112 valence electrons. The highest BCUT2D eigenvalue weighted by Gasteiger charge is 2.10. The molecule has 1 rings (SSSR count). The van der Waals surface area contributed by atoms with E-state index in [1.165, 1.54) is 0 Å². The van der Waals surface area contributed by atoms with Crippen LogP contribution in [0.25, 0.3) is 0 Å². The normalized spacial score (nSPS) is 10.7. The van der Waals surface area contributed by atoms with Crippen LogP contribution >= 0.6 is 0 Å². The number of nitrogens with one attached hydrogen (secondary N) is 1. The summed E-state index contributed by atoms with van der Waals surface area (Å²) in [5.41, 5.74) is 0.946. The highest BCUT2D eigenvalue weighted by atomic mass is 16.2. The Morgan fingerprint density at radius 2 is 1.95 bits per heavy atom. The SMILES string of the molecule is CCN(CC)C(=O)CCNc1cc(C)nc(C(C)C)n1. The lowest BCUT2D eigenvalue weighted by atomic mass is 10.2. The third-order valence-electron chi connectivity index (χ3n) is 3.15. The van der Waals surface area contributed by atoms with Gasteiger partial charge in [0.05, 0.1) is 0 Å². The average Bonchev–Trinajstić information content (AvgIpc) is 2.39. The summed E-state index contributed by atoms with van der Waals surface area (Å²) in [6, 6.07) is 1.91. The standard InChI is InChI=1S/C15H26N4O/c1-6-19(7-2)14(20)8-9-16-13-10-12(5)17-15(18-13)11(3)4/h10-11H,6-9H2,1-5H3,(H,16,17,18). The predicted octanol–water partition coefficient (Wildman–Crippen LogP) is 2.58. The van der Waals surface area contributed by atoms with Gasteiger partial charge < -0.3 is 10.2 Å². The number of anilines is 1. The van der Waals surface area contributed by atoms with Crippen molar-refractivity contribution < 1.29 is 4.79 Å². The van der Waals surface area contributed by atoms with Gasteiger partial charge in [0.15, 0.2) is 0 Å². The third kappa shape index (κ3) is 4.79. The molecule has 1 heterocycles. The highest BCUT2D eigenvalue weighted by molar-refractivity contribution is 5.76. The Bertz CT molecular complexity index is 441. The van der Waals surface area contributed by atoms with Gasteiger partial charge in [-0.25, -0.2) is 9.97 Å². The largest absolute Gasteiger partial charge is 0.369 e. The molecule has 1 aromatic rings. The number of carbonyl (C=O) groups is 1. The summed E-state index contributed by atoms with van der Waals surface area (Å²) in [4.78, 5) is 22.6. The van der Waals surface area contributed by atoms with E-state index in [1.54, 1.807) is 0 Å². The molecule has 20 heavy (non-hydrogen) atoms. The number of aromatic nitrogens is 2. The number of hydrogen-bond donors (Lipinski definition) is 1. The molecule has 0 saturated carbocycles. The van der Waals surface area contributed by atoms with Gasteiger partial charge in [0.25, 0.3) is 0 Å². The number of nitrogens with zero attached hydrogens (tertiary/aromatic N) is 3. The molecule has 0 aromatic carbocycles. The van der Waals surface area contributed by atoms with Crippen LogP contribution in [-0.4, -0.2) is 40.4 Å². The Morgan fingerprint density at radius 1 is 1.30 bits per heavy atom. The van der Waals surface area contributed by atoms with Gasteiger partial charge in [-0.2, -0.15) is 0 Å². The summed E-state index contributed by atoms with van der Waals surface area (Å²) in [7, 11) is 0. The third-order valence-corrected chi connectivity index (χ3v) is 3.15. The van der Waals surface area contributed by atoms with Crippen LogP contribution in [0.5, 0.6) is 0 Å². The summed E-state index contributed by atoms with van der Waals surface area (Å²) < 4.78 is 0. The van der Waals surface area contributed by atoms with Gasteiger partial charge in [0, 0.05) is 43.7 Å². The first-order valence-corrected chi connectivity index (χ1v) is 7.35. The van der Waals surface area contributed by atoms with Crippen molar-refractivity contribution in [3.8, 4) is 0 Å². The molecule has 0 bridgehead atoms. The summed E-state index contributed by atoms with van der Waals surface area (Å²) in [5, 5.41) is 3.22. The number of amides is 1. The van der Waals surface area contributed by atoms with Gasteiger partial charge in [0.1, 0.15) is 11.6 Å². The van der Waals surface area contributed by atoms with E-state index in [0.717, 1.165) is 30.4 Å². The molecule has 0 saturated heterocycles. The Hall–Kier alpha value is -1.65. The maximum absolute atomic E-state index is 11.9. The zero-order chi connectivity index (χ0) is 15.1. The molecule has 0 aliphatic heterocycles. The summed E-state index contributed by atoms with van der Waals surface area (Å²) in [5.74, 6) is 2.11. The first-order chi connectivity index (χ1) is 9.47. The van der Waals surface area contributed by atoms with Crippen molar-refractivity contribution in [1.82, 2.24) is 14.9 Å². The molecule has 0 aliphatic carbocycles. The van der Waals surface area contributed by atoms with Crippen LogP contribution in [0.4, 0.5) is 5.82 Å². The smallest absolute Gasteiger partial charge is 0.224 e. The topological polar surface area (TPSA) is 58.1 Å². The number of aryl methyl sites for hydroxylation is 1. The molecule has 1 amide bonds. The first-order valence-electron chi connectivity index (χ1n) is 7.35. The van der Waals surface area contributed by atoms with Gasteiger partial charge in [0.2, 0.25) is 5.91 Å². The number of carbonyl (C=O) groups excluding carboxylic acids is 1. The second-order valence-corrected chi connectivity index (χ2v) is 5.15. The van der Waals surface area contributed by atoms with Crippen LogP contribution in [0.15, 0.2) is 6.07 Å². The average molecular weight is 278 g/mol. The fraction of sp³-hybridized carbons (Fsp3) is 0.667. The van der Waals surface area contributed by atoms with Crippen LogP contribution in [-0.2, 0) is 4.79 Å². The van der Waals surface area contributed by atoms with Crippen LogP contribution in [0, 0.1) is 6.92 Å². The minimum absolute atomic E-state index is 0.178. The maximum atomic E-state index is 11.9. The second-order valence-electron chi connectivity index (χ2n) is 5.15. The zero-order valence-corrected chi connectivity index (χ0v) is 13.2. The Kier molecular flexibility index (Phi) is 6.42. The molecule has 0 radical (unpaired) electrons. The Morgan fingerprint density at radius 3 is 2.50 bits per heavy atom. The van der Waals surface area contributed by atoms with E-state index in [-0.39, 0.29) is 5.91 Å². The monoisotopic (exact) mass is 278 g/mol. The van der Waals surface area contributed by atoms with Crippen molar-refractivity contribution in [1.29, 1.82) is 0 Å². The Balaban J connectivity index is 2.56. The van der Waals surface area contributed by atoms with Gasteiger partial charge >= 0.3 is 0 Å². The van der Waals surface area contributed by atoms with E-state index < -0.39 is 0 Å². The molecule has 0 aliphatic rings. The lowest BCUT2D eigenvalue weighted by Crippen LogP contribution is -2.31. The van der Waals surface area contributed by atoms with Gasteiger partial charge in [-0.15, -0.1) is 0 Å². The summed E-state index contributed by atoms with van der Waals surface area (Å²) in [6.07, 6.45) is 0.488. The second kappa shape index (κ2) is 7.82. The fourth-order valence-corrected chi connectivity index (χ4v) is 1.97. The fourth-order valence-electron chi connectivity index (χ4n) is 1.97. The molecule has 5 heteroatoms. The van der Waals surface area contributed by atoms with E-state index in [0.29, 0.717) is 18.9 Å². The van der Waals surface area contributed by atoms with Gasteiger partial charge in [-0.3, -0.25) is 4.79 Å². The van der Waals surface area contributed by atoms with Crippen molar-refractivity contribution in [3.05, 3.63) is 17.6 Å². The number of hydrogen-bond acceptors (Lipinski definition) is 4. The van der Waals surface area contributed by atoms with Gasteiger partial charge in [-0.05, 0) is 20.8 Å². The van der Waals surface area contributed by atoms with Crippen molar-refractivity contribution in [3.63, 3.8) is 0 Å². The van der Waals surface area contributed by atoms with Crippen LogP contribution in [0.2, 0.25) is 0 Å². The first kappa shape index (κ1) is 16.4. The van der Waals surface area contributed by atoms with E-state index in [9.17, 15) is 4.79 Å². The van der Waals surface area contributed by atoms with E-state index >= 15 is 0 Å². The summed E-state index contributed by atoms with van der Waals surface area (Å²) >= 11 is 0. The van der Waals surface area contributed by atoms with Crippen molar-refractivity contribution in [2.75, 3.05) is 25.0 Å². The van der Waals surface area contributed by atoms with Gasteiger partial charge in [-0.1, -0.05) is 13.8 Å². The molecular formula is C15H26N4O. The van der Waals surface area contributed by atoms with Crippen molar-refractivity contribution in [2.45, 2.75) is 47.0 Å². The van der Waals surface area contributed by atoms with Crippen LogP contribution in [0.3, 0.4) is 0 Å². The lowest BCUT2D eigenvalue weighted by Gasteiger charge is -2.18. The molecule has 5 nitrogen and oxygen atoms in total.